The van der Waals surface area contributed by atoms with Gasteiger partial charge in [-0.3, -0.25) is 19.3 Å². The average Bonchev–Trinajstić information content (AvgIpc) is 2.84. The quantitative estimate of drug-likeness (QED) is 0.529. The Morgan fingerprint density at radius 2 is 1.93 bits per heavy atom. The fourth-order valence-corrected chi connectivity index (χ4v) is 2.64. The third kappa shape index (κ3) is 5.25. The van der Waals surface area contributed by atoms with Gasteiger partial charge in [0.1, 0.15) is 17.9 Å². The van der Waals surface area contributed by atoms with E-state index in [1.54, 1.807) is 6.92 Å². The number of hydrogen-bond acceptors (Lipinski definition) is 5. The molecule has 1 atom stereocenters. The summed E-state index contributed by atoms with van der Waals surface area (Å²) >= 11 is 0. The van der Waals surface area contributed by atoms with Crippen molar-refractivity contribution in [1.82, 2.24) is 10.2 Å². The summed E-state index contributed by atoms with van der Waals surface area (Å²) in [5, 5.41) is 5.02. The van der Waals surface area contributed by atoms with Gasteiger partial charge in [0, 0.05) is 5.69 Å². The highest BCUT2D eigenvalue weighted by molar-refractivity contribution is 6.08. The number of unbranched alkanes of at least 4 members (excludes halogenated alkanes) is 1. The first-order valence-corrected chi connectivity index (χ1v) is 8.60. The molecule has 0 saturated carbocycles. The van der Waals surface area contributed by atoms with Crippen LogP contribution in [0.2, 0.25) is 0 Å². The van der Waals surface area contributed by atoms with Crippen LogP contribution in [0.4, 0.5) is 14.9 Å². The maximum absolute atomic E-state index is 12.8. The van der Waals surface area contributed by atoms with Crippen molar-refractivity contribution in [2.75, 3.05) is 18.5 Å². The number of urea groups is 1. The van der Waals surface area contributed by atoms with Gasteiger partial charge in [-0.05, 0) is 37.6 Å². The van der Waals surface area contributed by atoms with E-state index in [1.165, 1.54) is 24.3 Å². The Bertz CT molecular complexity index is 737. The van der Waals surface area contributed by atoms with Gasteiger partial charge in [-0.2, -0.15) is 0 Å². The van der Waals surface area contributed by atoms with Crippen LogP contribution in [-0.2, 0) is 19.1 Å². The number of anilines is 1. The molecule has 4 amide bonds. The molecule has 1 heterocycles. The number of halogens is 1. The number of esters is 1. The highest BCUT2D eigenvalue weighted by Gasteiger charge is 2.47. The van der Waals surface area contributed by atoms with E-state index in [1.807, 2.05) is 6.92 Å². The van der Waals surface area contributed by atoms with Gasteiger partial charge in [0.05, 0.1) is 0 Å². The lowest BCUT2D eigenvalue weighted by atomic mass is 9.95. The molecule has 2 rings (SSSR count). The van der Waals surface area contributed by atoms with Crippen LogP contribution in [0.15, 0.2) is 24.3 Å². The maximum Gasteiger partial charge on any atom is 0.326 e. The Balaban J connectivity index is 1.82. The summed E-state index contributed by atoms with van der Waals surface area (Å²) in [4.78, 5) is 48.8. The van der Waals surface area contributed by atoms with Crippen molar-refractivity contribution in [3.05, 3.63) is 30.1 Å². The first-order chi connectivity index (χ1) is 12.7. The summed E-state index contributed by atoms with van der Waals surface area (Å²) < 4.78 is 17.6. The predicted molar refractivity (Wildman–Crippen MR) is 94.2 cm³/mol. The van der Waals surface area contributed by atoms with Gasteiger partial charge in [0.25, 0.3) is 11.8 Å². The molecule has 27 heavy (non-hydrogen) atoms. The Kier molecular flexibility index (Phi) is 6.49. The molecule has 0 spiro atoms. The van der Waals surface area contributed by atoms with Gasteiger partial charge in [-0.1, -0.05) is 19.8 Å². The van der Waals surface area contributed by atoms with Crippen molar-refractivity contribution in [3.8, 4) is 0 Å². The van der Waals surface area contributed by atoms with Gasteiger partial charge in [-0.25, -0.2) is 9.18 Å². The Hall–Kier alpha value is -2.97. The fraction of sp³-hybridized carbons (Fsp3) is 0.444. The zero-order valence-corrected chi connectivity index (χ0v) is 15.2. The highest BCUT2D eigenvalue weighted by atomic mass is 19.1. The highest BCUT2D eigenvalue weighted by Crippen LogP contribution is 2.23. The first-order valence-electron chi connectivity index (χ1n) is 8.60. The molecule has 2 N–H and O–H groups in total. The van der Waals surface area contributed by atoms with Crippen LogP contribution in [0.5, 0.6) is 0 Å². The van der Waals surface area contributed by atoms with Gasteiger partial charge in [0.2, 0.25) is 0 Å². The molecule has 1 saturated heterocycles. The number of hydrogen-bond donors (Lipinski definition) is 2. The Morgan fingerprint density at radius 3 is 2.56 bits per heavy atom. The summed E-state index contributed by atoms with van der Waals surface area (Å²) in [6, 6.07) is 4.41. The van der Waals surface area contributed by atoms with Gasteiger partial charge in [0.15, 0.2) is 6.61 Å². The van der Waals surface area contributed by atoms with Gasteiger partial charge >= 0.3 is 12.0 Å². The molecule has 0 aliphatic carbocycles. The molecule has 0 radical (unpaired) electrons. The van der Waals surface area contributed by atoms with Crippen LogP contribution < -0.4 is 10.6 Å². The van der Waals surface area contributed by atoms with Crippen molar-refractivity contribution >= 4 is 29.5 Å². The molecule has 1 aromatic carbocycles. The molecule has 146 valence electrons. The number of nitrogens with one attached hydrogen (secondary N) is 2. The van der Waals surface area contributed by atoms with E-state index in [-0.39, 0.29) is 0 Å². The molecule has 0 aromatic heterocycles. The van der Waals surface area contributed by atoms with Crippen molar-refractivity contribution in [3.63, 3.8) is 0 Å². The molecule has 1 aliphatic heterocycles. The lowest BCUT2D eigenvalue weighted by molar-refractivity contribution is -0.150. The Morgan fingerprint density at radius 1 is 1.26 bits per heavy atom. The minimum absolute atomic E-state index is 0.346. The second kappa shape index (κ2) is 8.61. The number of carbonyl (C=O) groups excluding carboxylic acids is 4. The normalized spacial score (nSPS) is 19.0. The SMILES string of the molecule is CCCC[C@@]1(C)NC(=O)N(CC(=O)OCC(=O)Nc2ccc(F)cc2)C1=O. The van der Waals surface area contributed by atoms with E-state index in [2.05, 4.69) is 10.6 Å². The summed E-state index contributed by atoms with van der Waals surface area (Å²) in [5.41, 5.74) is -0.689. The molecular formula is C18H22FN3O5. The van der Waals surface area contributed by atoms with Gasteiger partial charge < -0.3 is 15.4 Å². The summed E-state index contributed by atoms with van der Waals surface area (Å²) in [6.07, 6.45) is 2.09. The second-order valence-corrected chi connectivity index (χ2v) is 6.47. The number of carbonyl (C=O) groups is 4. The summed E-state index contributed by atoms with van der Waals surface area (Å²) in [6.45, 7) is 2.42. The van der Waals surface area contributed by atoms with E-state index in [9.17, 15) is 23.6 Å². The largest absolute Gasteiger partial charge is 0.454 e. The molecule has 1 aromatic rings. The van der Waals surface area contributed by atoms with Crippen molar-refractivity contribution in [2.45, 2.75) is 38.6 Å². The molecule has 0 unspecified atom stereocenters. The number of benzene rings is 1. The second-order valence-electron chi connectivity index (χ2n) is 6.47. The topological polar surface area (TPSA) is 105 Å². The summed E-state index contributed by atoms with van der Waals surface area (Å²) in [5.74, 6) is -2.44. The van der Waals surface area contributed by atoms with Crippen LogP contribution in [0.1, 0.15) is 33.1 Å². The molecule has 8 nitrogen and oxygen atoms in total. The van der Waals surface area contributed by atoms with Crippen LogP contribution in [0.3, 0.4) is 0 Å². The number of nitrogens with zero attached hydrogens (tertiary/aromatic N) is 1. The monoisotopic (exact) mass is 379 g/mol. The molecule has 9 heteroatoms. The number of rotatable bonds is 8. The zero-order valence-electron chi connectivity index (χ0n) is 15.2. The van der Waals surface area contributed by atoms with Crippen LogP contribution in [0, 0.1) is 5.82 Å². The molecule has 0 bridgehead atoms. The van der Waals surface area contributed by atoms with Crippen molar-refractivity contribution in [1.29, 1.82) is 0 Å². The first kappa shape index (κ1) is 20.3. The third-order valence-corrected chi connectivity index (χ3v) is 4.15. The Labute approximate surface area is 156 Å². The minimum Gasteiger partial charge on any atom is -0.454 e. The van der Waals surface area contributed by atoms with E-state index in [0.717, 1.165) is 17.7 Å². The van der Waals surface area contributed by atoms with Crippen molar-refractivity contribution < 1.29 is 28.3 Å². The lowest BCUT2D eigenvalue weighted by Gasteiger charge is -2.21. The number of imide groups is 1. The van der Waals surface area contributed by atoms with Crippen molar-refractivity contribution in [2.24, 2.45) is 0 Å². The molecular weight excluding hydrogens is 357 g/mol. The number of ether oxygens (including phenoxy) is 1. The fourth-order valence-electron chi connectivity index (χ4n) is 2.64. The molecule has 1 aliphatic rings. The standard InChI is InChI=1S/C18H22FN3O5/c1-3-4-9-18(2)16(25)22(17(26)21-18)10-15(24)27-11-14(23)20-13-7-5-12(19)6-8-13/h5-8H,3-4,9-11H2,1-2H3,(H,20,23)(H,21,26)/t18-/m1/s1. The zero-order chi connectivity index (χ0) is 20.0. The van der Waals surface area contributed by atoms with E-state index in [4.69, 9.17) is 4.74 Å². The van der Waals surface area contributed by atoms with E-state index in [0.29, 0.717) is 12.1 Å². The maximum atomic E-state index is 12.8. The number of amides is 4. The van der Waals surface area contributed by atoms with E-state index < -0.39 is 48.3 Å². The third-order valence-electron chi connectivity index (χ3n) is 4.15. The van der Waals surface area contributed by atoms with E-state index >= 15 is 0 Å². The predicted octanol–water partition coefficient (Wildman–Crippen LogP) is 1.81. The smallest absolute Gasteiger partial charge is 0.326 e. The molecule has 1 fully saturated rings. The summed E-state index contributed by atoms with van der Waals surface area (Å²) in [7, 11) is 0. The minimum atomic E-state index is -1.03. The van der Waals surface area contributed by atoms with Gasteiger partial charge in [-0.15, -0.1) is 0 Å². The average molecular weight is 379 g/mol. The van der Waals surface area contributed by atoms with Crippen LogP contribution >= 0.6 is 0 Å². The van der Waals surface area contributed by atoms with Crippen LogP contribution in [0.25, 0.3) is 0 Å². The lowest BCUT2D eigenvalue weighted by Crippen LogP contribution is -2.44. The van der Waals surface area contributed by atoms with Crippen LogP contribution in [-0.4, -0.2) is 47.4 Å².